The van der Waals surface area contributed by atoms with Crippen molar-refractivity contribution in [1.82, 2.24) is 9.21 Å². The van der Waals surface area contributed by atoms with Crippen molar-refractivity contribution in [2.45, 2.75) is 17.4 Å². The van der Waals surface area contributed by atoms with E-state index in [1.807, 2.05) is 41.3 Å². The van der Waals surface area contributed by atoms with Crippen LogP contribution in [0.15, 0.2) is 77.7 Å². The van der Waals surface area contributed by atoms with Crippen LogP contribution in [0.5, 0.6) is 0 Å². The van der Waals surface area contributed by atoms with Gasteiger partial charge < -0.3 is 0 Å². The second kappa shape index (κ2) is 8.12. The van der Waals surface area contributed by atoms with Gasteiger partial charge in [0, 0.05) is 26.2 Å². The summed E-state index contributed by atoms with van der Waals surface area (Å²) in [6.07, 6.45) is 0.108. The zero-order valence-electron chi connectivity index (χ0n) is 17.4. The SMILES string of the molecule is O=C1C[C@@H](N2CCN(S(=O)(=O)c3ccccc3)CC2)C(=O)N1c1ccc2ccccc2c1. The molecule has 0 spiro atoms. The van der Waals surface area contributed by atoms with Gasteiger partial charge in [0.1, 0.15) is 0 Å². The van der Waals surface area contributed by atoms with Crippen LogP contribution in [0.3, 0.4) is 0 Å². The zero-order chi connectivity index (χ0) is 22.3. The molecule has 32 heavy (non-hydrogen) atoms. The van der Waals surface area contributed by atoms with E-state index in [-0.39, 0.29) is 36.2 Å². The quantitative estimate of drug-likeness (QED) is 0.572. The maximum absolute atomic E-state index is 13.2. The number of benzene rings is 3. The van der Waals surface area contributed by atoms with Crippen molar-refractivity contribution in [2.75, 3.05) is 31.1 Å². The first-order valence-corrected chi connectivity index (χ1v) is 12.0. The highest BCUT2D eigenvalue weighted by Gasteiger charge is 2.44. The number of carbonyl (C=O) groups excluding carboxylic acids is 2. The third kappa shape index (κ3) is 3.60. The maximum Gasteiger partial charge on any atom is 0.251 e. The molecule has 2 aliphatic rings. The molecule has 2 aliphatic heterocycles. The molecule has 164 valence electrons. The Morgan fingerprint density at radius 1 is 0.750 bits per heavy atom. The highest BCUT2D eigenvalue weighted by atomic mass is 32.2. The summed E-state index contributed by atoms with van der Waals surface area (Å²) < 4.78 is 27.2. The minimum Gasteiger partial charge on any atom is -0.289 e. The van der Waals surface area contributed by atoms with Crippen molar-refractivity contribution in [1.29, 1.82) is 0 Å². The van der Waals surface area contributed by atoms with Crippen molar-refractivity contribution in [3.63, 3.8) is 0 Å². The summed E-state index contributed by atoms with van der Waals surface area (Å²) in [6.45, 7) is 1.37. The fourth-order valence-corrected chi connectivity index (χ4v) is 5.93. The van der Waals surface area contributed by atoms with E-state index in [9.17, 15) is 18.0 Å². The van der Waals surface area contributed by atoms with E-state index < -0.39 is 16.1 Å². The molecule has 1 atom stereocenters. The molecule has 0 saturated carbocycles. The molecule has 0 N–H and O–H groups in total. The van der Waals surface area contributed by atoms with E-state index in [0.717, 1.165) is 10.8 Å². The Balaban J connectivity index is 1.30. The van der Waals surface area contributed by atoms with Gasteiger partial charge in [-0.2, -0.15) is 4.31 Å². The minimum absolute atomic E-state index is 0.108. The number of carbonyl (C=O) groups is 2. The van der Waals surface area contributed by atoms with Gasteiger partial charge in [-0.1, -0.05) is 48.5 Å². The second-order valence-corrected chi connectivity index (χ2v) is 10.0. The number of anilines is 1. The molecular formula is C24H23N3O4S. The molecule has 7 nitrogen and oxygen atoms in total. The molecule has 0 radical (unpaired) electrons. The minimum atomic E-state index is -3.56. The van der Waals surface area contributed by atoms with Gasteiger partial charge in [-0.25, -0.2) is 13.3 Å². The van der Waals surface area contributed by atoms with Gasteiger partial charge >= 0.3 is 0 Å². The van der Waals surface area contributed by atoms with E-state index >= 15 is 0 Å². The topological polar surface area (TPSA) is 78.0 Å². The molecule has 0 bridgehead atoms. The van der Waals surface area contributed by atoms with E-state index in [1.54, 1.807) is 36.4 Å². The third-order valence-corrected chi connectivity index (χ3v) is 8.12. The molecule has 8 heteroatoms. The summed E-state index contributed by atoms with van der Waals surface area (Å²) in [7, 11) is -3.56. The number of hydrogen-bond donors (Lipinski definition) is 0. The Morgan fingerprint density at radius 2 is 1.41 bits per heavy atom. The molecule has 0 aliphatic carbocycles. The standard InChI is InChI=1S/C24H23N3O4S/c28-23-17-22(24(29)27(23)20-11-10-18-6-4-5-7-19(18)16-20)25-12-14-26(15-13-25)32(30,31)21-8-2-1-3-9-21/h1-11,16,22H,12-15,17H2/t22-/m1/s1. The van der Waals surface area contributed by atoms with E-state index in [4.69, 9.17) is 0 Å². The lowest BCUT2D eigenvalue weighted by molar-refractivity contribution is -0.123. The monoisotopic (exact) mass is 449 g/mol. The van der Waals surface area contributed by atoms with Crippen LogP contribution < -0.4 is 4.90 Å². The van der Waals surface area contributed by atoms with Crippen LogP contribution in [0.1, 0.15) is 6.42 Å². The number of amides is 2. The lowest BCUT2D eigenvalue weighted by Gasteiger charge is -2.36. The van der Waals surface area contributed by atoms with Gasteiger partial charge in [0.25, 0.3) is 5.91 Å². The molecule has 2 heterocycles. The average Bonchev–Trinajstić information content (AvgIpc) is 3.13. The van der Waals surface area contributed by atoms with Crippen molar-refractivity contribution in [3.05, 3.63) is 72.8 Å². The fourth-order valence-electron chi connectivity index (χ4n) is 4.49. The Bertz CT molecular complexity index is 1280. The van der Waals surface area contributed by atoms with Gasteiger partial charge in [-0.3, -0.25) is 14.5 Å². The normalized spacial score (nSPS) is 20.9. The summed E-state index contributed by atoms with van der Waals surface area (Å²) in [5.74, 6) is -0.473. The smallest absolute Gasteiger partial charge is 0.251 e. The molecular weight excluding hydrogens is 426 g/mol. The first-order valence-electron chi connectivity index (χ1n) is 10.6. The summed E-state index contributed by atoms with van der Waals surface area (Å²) in [5, 5.41) is 2.01. The number of hydrogen-bond acceptors (Lipinski definition) is 5. The fraction of sp³-hybridized carbons (Fsp3) is 0.250. The van der Waals surface area contributed by atoms with Gasteiger partial charge in [-0.15, -0.1) is 0 Å². The van der Waals surface area contributed by atoms with E-state index in [2.05, 4.69) is 0 Å². The molecule has 2 fully saturated rings. The van der Waals surface area contributed by atoms with E-state index in [1.165, 1.54) is 9.21 Å². The van der Waals surface area contributed by atoms with Crippen LogP contribution in [-0.2, 0) is 19.6 Å². The molecule has 3 aromatic carbocycles. The third-order valence-electron chi connectivity index (χ3n) is 6.21. The van der Waals surface area contributed by atoms with Crippen molar-refractivity contribution in [2.24, 2.45) is 0 Å². The Kier molecular flexibility index (Phi) is 5.28. The molecule has 2 amide bonds. The summed E-state index contributed by atoms with van der Waals surface area (Å²) >= 11 is 0. The predicted molar refractivity (Wildman–Crippen MR) is 122 cm³/mol. The maximum atomic E-state index is 13.2. The van der Waals surface area contributed by atoms with Crippen LogP contribution >= 0.6 is 0 Å². The summed E-state index contributed by atoms with van der Waals surface area (Å²) in [4.78, 5) is 29.4. The number of nitrogens with zero attached hydrogens (tertiary/aromatic N) is 3. The summed E-state index contributed by atoms with van der Waals surface area (Å²) in [6, 6.07) is 21.2. The first-order chi connectivity index (χ1) is 15.4. The highest BCUT2D eigenvalue weighted by Crippen LogP contribution is 2.29. The predicted octanol–water partition coefficient (Wildman–Crippen LogP) is 2.48. The number of imide groups is 1. The van der Waals surface area contributed by atoms with Gasteiger partial charge in [-0.05, 0) is 35.0 Å². The molecule has 0 unspecified atom stereocenters. The van der Waals surface area contributed by atoms with Crippen LogP contribution in [0.2, 0.25) is 0 Å². The van der Waals surface area contributed by atoms with Crippen LogP contribution in [0, 0.1) is 0 Å². The van der Waals surface area contributed by atoms with Gasteiger partial charge in [0.2, 0.25) is 15.9 Å². The largest absolute Gasteiger partial charge is 0.289 e. The van der Waals surface area contributed by atoms with Crippen LogP contribution in [0.25, 0.3) is 10.8 Å². The zero-order valence-corrected chi connectivity index (χ0v) is 18.2. The lowest BCUT2D eigenvalue weighted by atomic mass is 10.1. The van der Waals surface area contributed by atoms with E-state index in [0.29, 0.717) is 18.8 Å². The first kappa shape index (κ1) is 20.8. The molecule has 3 aromatic rings. The number of fused-ring (bicyclic) bond motifs is 1. The van der Waals surface area contributed by atoms with Gasteiger partial charge in [0.05, 0.1) is 23.0 Å². The number of sulfonamides is 1. The Morgan fingerprint density at radius 3 is 2.12 bits per heavy atom. The Hall–Kier alpha value is -3.07. The van der Waals surface area contributed by atoms with Crippen LogP contribution in [-0.4, -0.2) is 61.7 Å². The summed E-state index contributed by atoms with van der Waals surface area (Å²) in [5.41, 5.74) is 0.575. The molecule has 0 aromatic heterocycles. The number of rotatable bonds is 4. The molecule has 5 rings (SSSR count). The number of piperazine rings is 1. The van der Waals surface area contributed by atoms with Crippen LogP contribution in [0.4, 0.5) is 5.69 Å². The Labute approximate surface area is 186 Å². The second-order valence-electron chi connectivity index (χ2n) is 8.07. The molecule has 2 saturated heterocycles. The van der Waals surface area contributed by atoms with Crippen molar-refractivity contribution in [3.8, 4) is 0 Å². The highest BCUT2D eigenvalue weighted by molar-refractivity contribution is 7.89. The average molecular weight is 450 g/mol. The van der Waals surface area contributed by atoms with Gasteiger partial charge in [0.15, 0.2) is 0 Å². The lowest BCUT2D eigenvalue weighted by Crippen LogP contribution is -2.53. The van der Waals surface area contributed by atoms with Crippen molar-refractivity contribution < 1.29 is 18.0 Å². The van der Waals surface area contributed by atoms with Crippen molar-refractivity contribution >= 4 is 38.3 Å².